The van der Waals surface area contributed by atoms with E-state index >= 15 is 0 Å². The molecule has 0 aliphatic heterocycles. The smallest absolute Gasteiger partial charge is 0.311 e. The number of ether oxygens (including phenoxy) is 2. The summed E-state index contributed by atoms with van der Waals surface area (Å²) in [6.45, 7) is 2.48. The fourth-order valence-corrected chi connectivity index (χ4v) is 2.29. The Hall–Kier alpha value is -3.09. The zero-order valence-corrected chi connectivity index (χ0v) is 14.2. The van der Waals surface area contributed by atoms with Crippen LogP contribution in [-0.4, -0.2) is 31.1 Å². The lowest BCUT2D eigenvalue weighted by atomic mass is 10.1. The van der Waals surface area contributed by atoms with Gasteiger partial charge in [0.15, 0.2) is 5.75 Å². The van der Waals surface area contributed by atoms with E-state index in [1.807, 2.05) is 24.3 Å². The molecule has 0 aromatic heterocycles. The minimum atomic E-state index is -0.556. The fourth-order valence-electron chi connectivity index (χ4n) is 2.29. The van der Waals surface area contributed by atoms with E-state index in [0.29, 0.717) is 19.6 Å². The molecule has 0 spiro atoms. The molecule has 7 heteroatoms. The third-order valence-electron chi connectivity index (χ3n) is 3.58. The van der Waals surface area contributed by atoms with Gasteiger partial charge in [-0.1, -0.05) is 12.1 Å². The van der Waals surface area contributed by atoms with Crippen LogP contribution in [0.15, 0.2) is 42.5 Å². The number of amides is 1. The molecule has 0 aliphatic rings. The summed E-state index contributed by atoms with van der Waals surface area (Å²) in [5.41, 5.74) is 1.06. The highest BCUT2D eigenvalue weighted by molar-refractivity contribution is 5.95. The van der Waals surface area contributed by atoms with Gasteiger partial charge < -0.3 is 14.8 Å². The number of carbonyl (C=O) groups is 1. The Bertz CT molecular complexity index is 744. The lowest BCUT2D eigenvalue weighted by Crippen LogP contribution is -2.25. The number of rotatable bonds is 8. The zero-order valence-electron chi connectivity index (χ0n) is 14.2. The van der Waals surface area contributed by atoms with Crippen molar-refractivity contribution in [3.8, 4) is 11.5 Å². The average molecular weight is 344 g/mol. The third-order valence-corrected chi connectivity index (χ3v) is 3.58. The number of hydrogen-bond donors (Lipinski definition) is 1. The van der Waals surface area contributed by atoms with Crippen LogP contribution in [0.1, 0.15) is 22.8 Å². The van der Waals surface area contributed by atoms with Crippen LogP contribution in [0.2, 0.25) is 0 Å². The van der Waals surface area contributed by atoms with E-state index in [9.17, 15) is 14.9 Å². The third kappa shape index (κ3) is 4.94. The number of carbonyl (C=O) groups excluding carboxylic acids is 1. The monoisotopic (exact) mass is 344 g/mol. The Balaban J connectivity index is 1.97. The molecule has 132 valence electrons. The largest absolute Gasteiger partial charge is 0.497 e. The van der Waals surface area contributed by atoms with Crippen LogP contribution < -0.4 is 14.8 Å². The van der Waals surface area contributed by atoms with Gasteiger partial charge in [-0.25, -0.2) is 0 Å². The lowest BCUT2D eigenvalue weighted by Gasteiger charge is -2.08. The Morgan fingerprint density at radius 2 is 1.92 bits per heavy atom. The second-order valence-corrected chi connectivity index (χ2v) is 5.23. The highest BCUT2D eigenvalue weighted by Gasteiger charge is 2.18. The van der Waals surface area contributed by atoms with Gasteiger partial charge in [0.2, 0.25) is 0 Å². The van der Waals surface area contributed by atoms with Crippen molar-refractivity contribution in [3.05, 3.63) is 63.7 Å². The summed E-state index contributed by atoms with van der Waals surface area (Å²) in [6.07, 6.45) is 0.648. The molecule has 1 N–H and O–H groups in total. The molecular weight excluding hydrogens is 324 g/mol. The molecule has 1 amide bonds. The minimum Gasteiger partial charge on any atom is -0.497 e. The van der Waals surface area contributed by atoms with Crippen molar-refractivity contribution in [1.82, 2.24) is 5.32 Å². The first-order valence-electron chi connectivity index (χ1n) is 7.87. The molecule has 2 aromatic carbocycles. The van der Waals surface area contributed by atoms with Gasteiger partial charge in [0.25, 0.3) is 5.91 Å². The lowest BCUT2D eigenvalue weighted by molar-refractivity contribution is -0.385. The van der Waals surface area contributed by atoms with Gasteiger partial charge in [0.05, 0.1) is 18.6 Å². The summed E-state index contributed by atoms with van der Waals surface area (Å²) in [7, 11) is 1.60. The van der Waals surface area contributed by atoms with Crippen molar-refractivity contribution in [2.24, 2.45) is 0 Å². The molecule has 7 nitrogen and oxygen atoms in total. The highest BCUT2D eigenvalue weighted by atomic mass is 16.6. The molecule has 0 bridgehead atoms. The van der Waals surface area contributed by atoms with Crippen molar-refractivity contribution >= 4 is 11.6 Å². The summed E-state index contributed by atoms with van der Waals surface area (Å²) >= 11 is 0. The summed E-state index contributed by atoms with van der Waals surface area (Å²) in [6, 6.07) is 11.7. The molecule has 0 saturated carbocycles. The maximum atomic E-state index is 12.2. The van der Waals surface area contributed by atoms with E-state index in [-0.39, 0.29) is 22.9 Å². The summed E-state index contributed by atoms with van der Waals surface area (Å²) < 4.78 is 10.3. The van der Waals surface area contributed by atoms with Gasteiger partial charge in [-0.3, -0.25) is 14.9 Å². The predicted octanol–water partition coefficient (Wildman–Crippen LogP) is 2.97. The van der Waals surface area contributed by atoms with Crippen LogP contribution >= 0.6 is 0 Å². The minimum absolute atomic E-state index is 0.155. The molecule has 0 unspecified atom stereocenters. The van der Waals surface area contributed by atoms with E-state index in [1.165, 1.54) is 18.2 Å². The molecular formula is C18H20N2O5. The Morgan fingerprint density at radius 1 is 1.20 bits per heavy atom. The Morgan fingerprint density at radius 3 is 2.52 bits per heavy atom. The van der Waals surface area contributed by atoms with Crippen LogP contribution in [-0.2, 0) is 6.42 Å². The van der Waals surface area contributed by atoms with Gasteiger partial charge >= 0.3 is 5.69 Å². The van der Waals surface area contributed by atoms with Gasteiger partial charge in [0, 0.05) is 18.2 Å². The number of methoxy groups -OCH3 is 1. The zero-order chi connectivity index (χ0) is 18.2. The van der Waals surface area contributed by atoms with E-state index in [2.05, 4.69) is 5.32 Å². The molecule has 0 atom stereocenters. The van der Waals surface area contributed by atoms with Crippen molar-refractivity contribution in [2.75, 3.05) is 20.3 Å². The summed E-state index contributed by atoms with van der Waals surface area (Å²) in [5.74, 6) is 0.566. The quantitative estimate of drug-likeness (QED) is 0.587. The predicted molar refractivity (Wildman–Crippen MR) is 93.3 cm³/mol. The first-order valence-corrected chi connectivity index (χ1v) is 7.87. The molecule has 0 aliphatic carbocycles. The van der Waals surface area contributed by atoms with Crippen molar-refractivity contribution < 1.29 is 19.2 Å². The number of nitrogens with zero attached hydrogens (tertiary/aromatic N) is 1. The molecule has 0 saturated heterocycles. The van der Waals surface area contributed by atoms with Crippen LogP contribution in [0.5, 0.6) is 11.5 Å². The topological polar surface area (TPSA) is 90.7 Å². The highest BCUT2D eigenvalue weighted by Crippen LogP contribution is 2.27. The maximum Gasteiger partial charge on any atom is 0.311 e. The Labute approximate surface area is 145 Å². The second kappa shape index (κ2) is 8.68. The number of hydrogen-bond acceptors (Lipinski definition) is 5. The first-order chi connectivity index (χ1) is 12.0. The summed E-state index contributed by atoms with van der Waals surface area (Å²) in [4.78, 5) is 22.7. The number of nitrogens with one attached hydrogen (secondary N) is 1. The fraction of sp³-hybridized carbons (Fsp3) is 0.278. The van der Waals surface area contributed by atoms with Crippen molar-refractivity contribution in [1.29, 1.82) is 0 Å². The van der Waals surface area contributed by atoms with Crippen LogP contribution in [0.3, 0.4) is 0 Å². The van der Waals surface area contributed by atoms with E-state index in [1.54, 1.807) is 14.0 Å². The number of nitro benzene ring substituents is 1. The van der Waals surface area contributed by atoms with Gasteiger partial charge in [-0.2, -0.15) is 0 Å². The molecule has 25 heavy (non-hydrogen) atoms. The van der Waals surface area contributed by atoms with E-state index in [0.717, 1.165) is 11.3 Å². The average Bonchev–Trinajstić information content (AvgIpc) is 2.62. The number of nitro groups is 1. The van der Waals surface area contributed by atoms with Crippen LogP contribution in [0, 0.1) is 10.1 Å². The molecule has 0 fully saturated rings. The number of benzene rings is 2. The molecule has 0 heterocycles. The van der Waals surface area contributed by atoms with Gasteiger partial charge in [0.1, 0.15) is 5.75 Å². The van der Waals surface area contributed by atoms with E-state index in [4.69, 9.17) is 9.47 Å². The van der Waals surface area contributed by atoms with Crippen molar-refractivity contribution in [2.45, 2.75) is 13.3 Å². The Kier molecular flexibility index (Phi) is 6.33. The van der Waals surface area contributed by atoms with Crippen LogP contribution in [0.25, 0.3) is 0 Å². The first kappa shape index (κ1) is 18.3. The van der Waals surface area contributed by atoms with Crippen molar-refractivity contribution in [3.63, 3.8) is 0 Å². The molecule has 2 rings (SSSR count). The molecule has 0 radical (unpaired) electrons. The second-order valence-electron chi connectivity index (χ2n) is 5.23. The van der Waals surface area contributed by atoms with Gasteiger partial charge in [-0.15, -0.1) is 0 Å². The standard InChI is InChI=1S/C18H20N2O5/c1-3-25-17-9-6-14(12-16(17)20(22)23)18(21)19-11-10-13-4-7-15(24-2)8-5-13/h4-9,12H,3,10-11H2,1-2H3,(H,19,21). The SMILES string of the molecule is CCOc1ccc(C(=O)NCCc2ccc(OC)cc2)cc1[N+](=O)[O-]. The normalized spacial score (nSPS) is 10.2. The summed E-state index contributed by atoms with van der Waals surface area (Å²) in [5, 5.41) is 13.9. The van der Waals surface area contributed by atoms with Crippen LogP contribution in [0.4, 0.5) is 5.69 Å². The van der Waals surface area contributed by atoms with E-state index < -0.39 is 4.92 Å². The van der Waals surface area contributed by atoms with Gasteiger partial charge in [-0.05, 0) is 43.2 Å². The maximum absolute atomic E-state index is 12.2. The molecule has 2 aromatic rings.